The van der Waals surface area contributed by atoms with Crippen LogP contribution in [-0.2, 0) is 25.2 Å². The number of fused-ring (bicyclic) bond motifs is 5. The summed E-state index contributed by atoms with van der Waals surface area (Å²) < 4.78 is 11.1. The Labute approximate surface area is 285 Å². The molecule has 1 aliphatic heterocycles. The molecule has 2 fully saturated rings. The molecule has 0 radical (unpaired) electrons. The summed E-state index contributed by atoms with van der Waals surface area (Å²) in [6.07, 6.45) is 0. The van der Waals surface area contributed by atoms with Crippen LogP contribution >= 0.6 is 0 Å². The van der Waals surface area contributed by atoms with Gasteiger partial charge in [0.25, 0.3) is 0 Å². The molecule has 3 aliphatic rings. The molecule has 8 rings (SSSR count). The molecule has 1 saturated carbocycles. The fourth-order valence-corrected chi connectivity index (χ4v) is 8.93. The summed E-state index contributed by atoms with van der Waals surface area (Å²) >= 11 is 0. The summed E-state index contributed by atoms with van der Waals surface area (Å²) in [5.74, 6) is -1.53. The van der Waals surface area contributed by atoms with E-state index >= 15 is 14.4 Å². The molecule has 4 atom stereocenters. The number of carbonyl (C=O) groups excluding carboxylic acids is 3. The number of anilines is 1. The first-order valence-corrected chi connectivity index (χ1v) is 16.4. The SMILES string of the molecule is COc1ccc(C2=C(c3ccc(OC)cc3)[C@]3(c4ccccc4)C(=O)[C@]2(c2ccccc2)[C@H]2C(=O)N(c4ccc(C)cc4C)C(=O)[C@@H]23)cc1. The van der Waals surface area contributed by atoms with Gasteiger partial charge in [0.05, 0.1) is 42.6 Å². The molecule has 0 unspecified atom stereocenters. The zero-order chi connectivity index (χ0) is 34.1. The number of benzene rings is 5. The Morgan fingerprint density at radius 1 is 0.551 bits per heavy atom. The van der Waals surface area contributed by atoms with Crippen LogP contribution in [0.5, 0.6) is 11.5 Å². The van der Waals surface area contributed by atoms with Crippen molar-refractivity contribution in [1.29, 1.82) is 0 Å². The summed E-state index contributed by atoms with van der Waals surface area (Å²) in [4.78, 5) is 47.9. The summed E-state index contributed by atoms with van der Waals surface area (Å²) in [6.45, 7) is 3.90. The highest BCUT2D eigenvalue weighted by Crippen LogP contribution is 2.74. The van der Waals surface area contributed by atoms with Crippen LogP contribution in [0.25, 0.3) is 11.1 Å². The lowest BCUT2D eigenvalue weighted by Crippen LogP contribution is -2.45. The molecule has 0 N–H and O–H groups in total. The highest BCUT2D eigenvalue weighted by Gasteiger charge is 2.82. The van der Waals surface area contributed by atoms with E-state index in [-0.39, 0.29) is 17.6 Å². The van der Waals surface area contributed by atoms with E-state index < -0.39 is 22.7 Å². The van der Waals surface area contributed by atoms with Gasteiger partial charge in [-0.25, -0.2) is 4.90 Å². The standard InChI is InChI=1S/C43H35NO5/c1-26-15-24-34(27(2)25-26)44-39(45)37-38(40(44)46)43(31-13-9-6-10-14-31)36(29-18-22-33(49-4)23-19-29)35(28-16-20-32(48-3)21-17-28)42(37,41(43)47)30-11-7-5-8-12-30/h5-25,37-38H,1-4H3/t37-,38-,42+,43+/m1/s1. The number of ketones is 1. The second-order valence-corrected chi connectivity index (χ2v) is 13.1. The van der Waals surface area contributed by atoms with E-state index in [1.54, 1.807) is 14.2 Å². The van der Waals surface area contributed by atoms with Gasteiger partial charge in [0, 0.05) is 0 Å². The molecular weight excluding hydrogens is 610 g/mol. The minimum Gasteiger partial charge on any atom is -0.497 e. The van der Waals surface area contributed by atoms with Gasteiger partial charge in [-0.2, -0.15) is 0 Å². The Bertz CT molecular complexity index is 2040. The smallest absolute Gasteiger partial charge is 0.239 e. The first-order chi connectivity index (χ1) is 23.8. The van der Waals surface area contributed by atoms with E-state index in [9.17, 15) is 0 Å². The van der Waals surface area contributed by atoms with Crippen molar-refractivity contribution in [2.24, 2.45) is 11.8 Å². The number of carbonyl (C=O) groups is 3. The second kappa shape index (κ2) is 11.2. The average Bonchev–Trinajstić information content (AvgIpc) is 3.64. The van der Waals surface area contributed by atoms with Crippen LogP contribution in [0, 0.1) is 25.7 Å². The summed E-state index contributed by atoms with van der Waals surface area (Å²) in [7, 11) is 3.23. The van der Waals surface area contributed by atoms with Gasteiger partial charge in [-0.1, -0.05) is 103 Å². The Morgan fingerprint density at radius 3 is 1.37 bits per heavy atom. The number of Topliss-reactive ketones (excluding diaryl/α,β-unsaturated/α-hetero) is 1. The zero-order valence-electron chi connectivity index (χ0n) is 27.8. The van der Waals surface area contributed by atoms with Gasteiger partial charge in [0.15, 0.2) is 5.78 Å². The molecule has 2 aliphatic carbocycles. The first-order valence-electron chi connectivity index (χ1n) is 16.4. The minimum atomic E-state index is -1.48. The lowest BCUT2D eigenvalue weighted by Gasteiger charge is -2.39. The number of aryl methyl sites for hydroxylation is 2. The number of nitrogens with zero attached hydrogens (tertiary/aromatic N) is 1. The Balaban J connectivity index is 1.54. The largest absolute Gasteiger partial charge is 0.497 e. The van der Waals surface area contributed by atoms with Crippen LogP contribution in [-0.4, -0.2) is 31.8 Å². The number of imide groups is 1. The molecule has 0 aromatic heterocycles. The number of amides is 2. The van der Waals surface area contributed by atoms with Crippen molar-refractivity contribution in [2.75, 3.05) is 19.1 Å². The highest BCUT2D eigenvalue weighted by molar-refractivity contribution is 6.39. The Morgan fingerprint density at radius 2 is 0.980 bits per heavy atom. The van der Waals surface area contributed by atoms with Gasteiger partial charge in [0.2, 0.25) is 11.8 Å². The maximum absolute atomic E-state index is 16.1. The molecule has 6 heteroatoms. The molecule has 0 spiro atoms. The van der Waals surface area contributed by atoms with Crippen molar-refractivity contribution in [3.05, 3.63) is 161 Å². The van der Waals surface area contributed by atoms with E-state index in [1.165, 1.54) is 4.90 Å². The fourth-order valence-electron chi connectivity index (χ4n) is 8.93. The molecule has 2 bridgehead atoms. The number of ether oxygens (including phenoxy) is 2. The van der Waals surface area contributed by atoms with Crippen molar-refractivity contribution in [3.8, 4) is 11.5 Å². The maximum atomic E-state index is 16.1. The zero-order valence-corrected chi connectivity index (χ0v) is 27.8. The number of methoxy groups -OCH3 is 2. The van der Waals surface area contributed by atoms with Crippen LogP contribution in [0.15, 0.2) is 127 Å². The quantitative estimate of drug-likeness (QED) is 0.171. The third-order valence-electron chi connectivity index (χ3n) is 10.8. The average molecular weight is 646 g/mol. The van der Waals surface area contributed by atoms with Crippen molar-refractivity contribution in [2.45, 2.75) is 24.7 Å². The number of rotatable bonds is 7. The lowest BCUT2D eigenvalue weighted by molar-refractivity contribution is -0.130. The van der Waals surface area contributed by atoms with E-state index in [0.29, 0.717) is 28.3 Å². The molecule has 1 heterocycles. The van der Waals surface area contributed by atoms with Gasteiger partial charge in [0.1, 0.15) is 11.5 Å². The van der Waals surface area contributed by atoms with Crippen LogP contribution in [0.3, 0.4) is 0 Å². The first kappa shape index (κ1) is 30.6. The Kier molecular flexibility index (Phi) is 6.97. The molecular formula is C43H35NO5. The van der Waals surface area contributed by atoms with Gasteiger partial charge in [-0.3, -0.25) is 14.4 Å². The predicted molar refractivity (Wildman–Crippen MR) is 189 cm³/mol. The van der Waals surface area contributed by atoms with Gasteiger partial charge >= 0.3 is 0 Å². The van der Waals surface area contributed by atoms with E-state index in [0.717, 1.165) is 33.4 Å². The summed E-state index contributed by atoms with van der Waals surface area (Å²) in [5.41, 5.74) is 3.83. The van der Waals surface area contributed by atoms with Crippen LogP contribution in [0.4, 0.5) is 5.69 Å². The third-order valence-corrected chi connectivity index (χ3v) is 10.8. The van der Waals surface area contributed by atoms with Crippen molar-refractivity contribution >= 4 is 34.4 Å². The van der Waals surface area contributed by atoms with Gasteiger partial charge in [-0.15, -0.1) is 0 Å². The molecule has 6 nitrogen and oxygen atoms in total. The topological polar surface area (TPSA) is 72.9 Å². The molecule has 5 aromatic rings. The number of hydrogen-bond acceptors (Lipinski definition) is 5. The summed E-state index contributed by atoms with van der Waals surface area (Å²) in [6, 6.07) is 40.1. The minimum absolute atomic E-state index is 0.161. The van der Waals surface area contributed by atoms with E-state index in [4.69, 9.17) is 9.47 Å². The van der Waals surface area contributed by atoms with Gasteiger partial charge < -0.3 is 9.47 Å². The highest BCUT2D eigenvalue weighted by atomic mass is 16.5. The lowest BCUT2D eigenvalue weighted by atomic mass is 9.59. The summed E-state index contributed by atoms with van der Waals surface area (Å²) in [5, 5.41) is 0. The maximum Gasteiger partial charge on any atom is 0.239 e. The van der Waals surface area contributed by atoms with E-state index in [2.05, 4.69) is 0 Å². The number of allylic oxidation sites excluding steroid dienone is 2. The monoisotopic (exact) mass is 645 g/mol. The molecule has 49 heavy (non-hydrogen) atoms. The molecule has 2 amide bonds. The van der Waals surface area contributed by atoms with Crippen molar-refractivity contribution < 1.29 is 23.9 Å². The second-order valence-electron chi connectivity index (χ2n) is 13.1. The van der Waals surface area contributed by atoms with Gasteiger partial charge in [-0.05, 0) is 83.1 Å². The van der Waals surface area contributed by atoms with Crippen LogP contribution in [0.1, 0.15) is 33.4 Å². The number of hydrogen-bond donors (Lipinski definition) is 0. The van der Waals surface area contributed by atoms with Crippen LogP contribution < -0.4 is 14.4 Å². The van der Waals surface area contributed by atoms with Crippen molar-refractivity contribution in [3.63, 3.8) is 0 Å². The Hall–Kier alpha value is -5.75. The third kappa shape index (κ3) is 3.97. The van der Waals surface area contributed by atoms with E-state index in [1.807, 2.05) is 141 Å². The molecule has 5 aromatic carbocycles. The normalized spacial score (nSPS) is 24.1. The van der Waals surface area contributed by atoms with Crippen molar-refractivity contribution in [1.82, 2.24) is 0 Å². The molecule has 242 valence electrons. The predicted octanol–water partition coefficient (Wildman–Crippen LogP) is 7.51. The molecule has 1 saturated heterocycles. The fraction of sp³-hybridized carbons (Fsp3) is 0.186. The van der Waals surface area contributed by atoms with Crippen LogP contribution in [0.2, 0.25) is 0 Å².